The van der Waals surface area contributed by atoms with Crippen molar-refractivity contribution in [2.24, 2.45) is 0 Å². The second kappa shape index (κ2) is 6.04. The molecule has 0 amide bonds. The Labute approximate surface area is 130 Å². The molecule has 0 bridgehead atoms. The third-order valence-corrected chi connectivity index (χ3v) is 4.40. The largest absolute Gasteiger partial charge is 0.465 e. The van der Waals surface area contributed by atoms with Crippen molar-refractivity contribution in [3.05, 3.63) is 29.7 Å². The van der Waals surface area contributed by atoms with E-state index in [0.29, 0.717) is 17.6 Å². The first-order valence-corrected chi connectivity index (χ1v) is 7.78. The van der Waals surface area contributed by atoms with Crippen LogP contribution in [-0.2, 0) is 11.2 Å². The molecule has 1 fully saturated rings. The van der Waals surface area contributed by atoms with Crippen LogP contribution in [0.3, 0.4) is 0 Å². The van der Waals surface area contributed by atoms with Crippen molar-refractivity contribution in [2.75, 3.05) is 13.7 Å². The molecule has 0 saturated carbocycles. The van der Waals surface area contributed by atoms with Crippen molar-refractivity contribution in [3.63, 3.8) is 0 Å². The number of aromatic nitrogens is 3. The lowest BCUT2D eigenvalue weighted by molar-refractivity contribution is 0.0600. The van der Waals surface area contributed by atoms with Gasteiger partial charge >= 0.3 is 5.97 Å². The number of ether oxygens (including phenoxy) is 1. The first-order chi connectivity index (χ1) is 10.6. The summed E-state index contributed by atoms with van der Waals surface area (Å²) in [5.41, 5.74) is 1.28. The summed E-state index contributed by atoms with van der Waals surface area (Å²) in [6.45, 7) is 5.61. The molecular formula is C16H22N4O2. The molecule has 0 radical (unpaired) electrons. The molecule has 6 heteroatoms. The first kappa shape index (κ1) is 15.0. The Hall–Kier alpha value is -1.95. The number of esters is 1. The molecule has 0 N–H and O–H groups in total. The summed E-state index contributed by atoms with van der Waals surface area (Å²) in [6.07, 6.45) is 5.03. The van der Waals surface area contributed by atoms with Crippen LogP contribution in [0.25, 0.3) is 5.65 Å². The van der Waals surface area contributed by atoms with E-state index in [1.54, 1.807) is 18.3 Å². The third-order valence-electron chi connectivity index (χ3n) is 4.40. The lowest BCUT2D eigenvalue weighted by Gasteiger charge is -2.27. The lowest BCUT2D eigenvalue weighted by Crippen LogP contribution is -2.37. The third kappa shape index (κ3) is 2.70. The number of fused-ring (bicyclic) bond motifs is 1. The number of hydrogen-bond acceptors (Lipinski definition) is 5. The molecule has 6 nitrogen and oxygen atoms in total. The van der Waals surface area contributed by atoms with Crippen molar-refractivity contribution >= 4 is 11.6 Å². The van der Waals surface area contributed by atoms with E-state index in [1.807, 2.05) is 4.40 Å². The summed E-state index contributed by atoms with van der Waals surface area (Å²) in [7, 11) is 1.39. The molecule has 22 heavy (non-hydrogen) atoms. The summed E-state index contributed by atoms with van der Waals surface area (Å²) in [6, 6.07) is 4.55. The minimum absolute atomic E-state index is 0.341. The maximum atomic E-state index is 11.7. The second-order valence-electron chi connectivity index (χ2n) is 6.09. The Balaban J connectivity index is 1.89. The molecule has 118 valence electrons. The van der Waals surface area contributed by atoms with Crippen molar-refractivity contribution in [3.8, 4) is 0 Å². The normalized spacial score (nSPS) is 19.2. The standard InChI is InChI=1S/C16H22N4O2/c1-11(2)19-8-4-5-13(19)9-15-18-17-14-7-6-12(10-20(14)15)16(21)22-3/h6-7,10-11,13H,4-5,8-9H2,1-3H3. The van der Waals surface area contributed by atoms with E-state index in [0.717, 1.165) is 24.4 Å². The van der Waals surface area contributed by atoms with E-state index < -0.39 is 0 Å². The number of hydrogen-bond donors (Lipinski definition) is 0. The maximum absolute atomic E-state index is 11.7. The van der Waals surface area contributed by atoms with Crippen molar-refractivity contribution in [1.82, 2.24) is 19.5 Å². The number of rotatable bonds is 4. The van der Waals surface area contributed by atoms with Gasteiger partial charge in [-0.15, -0.1) is 10.2 Å². The maximum Gasteiger partial charge on any atom is 0.339 e. The van der Waals surface area contributed by atoms with Crippen LogP contribution in [0.1, 0.15) is 42.9 Å². The van der Waals surface area contributed by atoms with Crippen LogP contribution < -0.4 is 0 Å². The van der Waals surface area contributed by atoms with Crippen molar-refractivity contribution in [1.29, 1.82) is 0 Å². The Kier molecular flexibility index (Phi) is 4.11. The van der Waals surface area contributed by atoms with Crippen LogP contribution in [0, 0.1) is 0 Å². The van der Waals surface area contributed by atoms with Crippen LogP contribution in [0.15, 0.2) is 18.3 Å². The molecule has 1 aliphatic heterocycles. The summed E-state index contributed by atoms with van der Waals surface area (Å²) < 4.78 is 6.69. The predicted octanol–water partition coefficient (Wildman–Crippen LogP) is 1.93. The van der Waals surface area contributed by atoms with Gasteiger partial charge in [-0.2, -0.15) is 0 Å². The Morgan fingerprint density at radius 2 is 2.23 bits per heavy atom. The summed E-state index contributed by atoms with van der Waals surface area (Å²) >= 11 is 0. The smallest absolute Gasteiger partial charge is 0.339 e. The molecule has 3 heterocycles. The van der Waals surface area contributed by atoms with Crippen LogP contribution in [0.2, 0.25) is 0 Å². The van der Waals surface area contributed by atoms with Crippen molar-refractivity contribution in [2.45, 2.75) is 45.2 Å². The second-order valence-corrected chi connectivity index (χ2v) is 6.09. The summed E-state index contributed by atoms with van der Waals surface area (Å²) in [5, 5.41) is 8.51. The van der Waals surface area contributed by atoms with E-state index >= 15 is 0 Å². The lowest BCUT2D eigenvalue weighted by atomic mass is 10.1. The van der Waals surface area contributed by atoms with Gasteiger partial charge in [0.2, 0.25) is 0 Å². The molecule has 0 aromatic carbocycles. The molecule has 2 aromatic rings. The van der Waals surface area contributed by atoms with E-state index in [9.17, 15) is 4.79 Å². The van der Waals surface area contributed by atoms with Gasteiger partial charge in [0.1, 0.15) is 5.82 Å². The molecule has 3 rings (SSSR count). The fourth-order valence-electron chi connectivity index (χ4n) is 3.28. The average molecular weight is 302 g/mol. The highest BCUT2D eigenvalue weighted by Gasteiger charge is 2.28. The number of nitrogens with zero attached hydrogens (tertiary/aromatic N) is 4. The zero-order valence-corrected chi connectivity index (χ0v) is 13.3. The fourth-order valence-corrected chi connectivity index (χ4v) is 3.28. The van der Waals surface area contributed by atoms with E-state index in [2.05, 4.69) is 28.9 Å². The van der Waals surface area contributed by atoms with Crippen LogP contribution in [0.5, 0.6) is 0 Å². The monoisotopic (exact) mass is 302 g/mol. The van der Waals surface area contributed by atoms with Crippen molar-refractivity contribution < 1.29 is 9.53 Å². The molecular weight excluding hydrogens is 280 g/mol. The molecule has 1 aliphatic rings. The molecule has 0 aliphatic carbocycles. The first-order valence-electron chi connectivity index (χ1n) is 7.78. The van der Waals surface area contributed by atoms with Gasteiger partial charge < -0.3 is 4.74 Å². The molecule has 0 spiro atoms. The molecule has 2 aromatic heterocycles. The van der Waals surface area contributed by atoms with Gasteiger partial charge in [0.05, 0.1) is 12.7 Å². The average Bonchev–Trinajstić information content (AvgIpc) is 3.14. The molecule has 1 unspecified atom stereocenters. The SMILES string of the molecule is COC(=O)c1ccc2nnc(CC3CCCN3C(C)C)n2c1. The molecule has 1 saturated heterocycles. The number of pyridine rings is 1. The highest BCUT2D eigenvalue weighted by atomic mass is 16.5. The van der Waals surface area contributed by atoms with Gasteiger partial charge in [-0.1, -0.05) is 0 Å². The number of carbonyl (C=O) groups is 1. The van der Waals surface area contributed by atoms with Gasteiger partial charge in [-0.05, 0) is 45.4 Å². The Morgan fingerprint density at radius 1 is 1.41 bits per heavy atom. The van der Waals surface area contributed by atoms with E-state index in [4.69, 9.17) is 4.74 Å². The zero-order chi connectivity index (χ0) is 15.7. The topological polar surface area (TPSA) is 59.7 Å². The zero-order valence-electron chi connectivity index (χ0n) is 13.3. The highest BCUT2D eigenvalue weighted by molar-refractivity contribution is 5.89. The number of methoxy groups -OCH3 is 1. The van der Waals surface area contributed by atoms with E-state index in [-0.39, 0.29) is 5.97 Å². The highest BCUT2D eigenvalue weighted by Crippen LogP contribution is 2.23. The molecule has 1 atom stereocenters. The summed E-state index contributed by atoms with van der Waals surface area (Å²) in [5.74, 6) is 0.560. The van der Waals surface area contributed by atoms with Gasteiger partial charge in [0.25, 0.3) is 0 Å². The van der Waals surface area contributed by atoms with Gasteiger partial charge in [0, 0.05) is 24.7 Å². The van der Waals surface area contributed by atoms with E-state index in [1.165, 1.54) is 20.0 Å². The van der Waals surface area contributed by atoms with Gasteiger partial charge in [0.15, 0.2) is 5.65 Å². The number of likely N-dealkylation sites (tertiary alicyclic amines) is 1. The minimum Gasteiger partial charge on any atom is -0.465 e. The Bertz CT molecular complexity index is 680. The van der Waals surface area contributed by atoms with Gasteiger partial charge in [-0.3, -0.25) is 9.30 Å². The van der Waals surface area contributed by atoms with Crippen LogP contribution in [-0.4, -0.2) is 51.2 Å². The quantitative estimate of drug-likeness (QED) is 0.808. The minimum atomic E-state index is -0.341. The predicted molar refractivity (Wildman–Crippen MR) is 82.9 cm³/mol. The summed E-state index contributed by atoms with van der Waals surface area (Å²) in [4.78, 5) is 14.2. The van der Waals surface area contributed by atoms with Gasteiger partial charge in [-0.25, -0.2) is 4.79 Å². The van der Waals surface area contributed by atoms with Crippen LogP contribution in [0.4, 0.5) is 0 Å². The fraction of sp³-hybridized carbons (Fsp3) is 0.562. The number of carbonyl (C=O) groups excluding carboxylic acids is 1. The Morgan fingerprint density at radius 3 is 2.95 bits per heavy atom. The van der Waals surface area contributed by atoms with Crippen LogP contribution >= 0.6 is 0 Å².